The average molecular weight is 329 g/mol. The van der Waals surface area contributed by atoms with E-state index >= 15 is 0 Å². The van der Waals surface area contributed by atoms with Gasteiger partial charge in [0.25, 0.3) is 0 Å². The van der Waals surface area contributed by atoms with Gasteiger partial charge in [-0.05, 0) is 43.4 Å². The number of ether oxygens (including phenoxy) is 1. The van der Waals surface area contributed by atoms with Crippen LogP contribution in [0.25, 0.3) is 0 Å². The molecule has 0 radical (unpaired) electrons. The number of benzene rings is 1. The van der Waals surface area contributed by atoms with Gasteiger partial charge in [0, 0.05) is 17.4 Å². The minimum absolute atomic E-state index is 0.00955. The second kappa shape index (κ2) is 5.98. The van der Waals surface area contributed by atoms with Gasteiger partial charge in [0.2, 0.25) is 0 Å². The van der Waals surface area contributed by atoms with Crippen LogP contribution >= 0.6 is 0 Å². The summed E-state index contributed by atoms with van der Waals surface area (Å²) in [7, 11) is 0. The van der Waals surface area contributed by atoms with Gasteiger partial charge >= 0.3 is 6.36 Å². The van der Waals surface area contributed by atoms with Crippen molar-refractivity contribution in [1.29, 1.82) is 0 Å². The van der Waals surface area contributed by atoms with Crippen LogP contribution in [0.1, 0.15) is 44.1 Å². The summed E-state index contributed by atoms with van der Waals surface area (Å²) in [6, 6.07) is 5.94. The Morgan fingerprint density at radius 1 is 1.13 bits per heavy atom. The van der Waals surface area contributed by atoms with Gasteiger partial charge in [0.1, 0.15) is 5.75 Å². The molecule has 3 nitrogen and oxygen atoms in total. The second-order valence-corrected chi connectivity index (χ2v) is 6.79. The molecule has 2 fully saturated rings. The van der Waals surface area contributed by atoms with E-state index in [2.05, 4.69) is 4.74 Å². The fourth-order valence-corrected chi connectivity index (χ4v) is 4.12. The number of nitrogens with two attached hydrogens (primary N) is 1. The molecule has 3 atom stereocenters. The monoisotopic (exact) mass is 329 g/mol. The van der Waals surface area contributed by atoms with Crippen molar-refractivity contribution in [2.75, 3.05) is 0 Å². The zero-order valence-electron chi connectivity index (χ0n) is 12.9. The highest BCUT2D eigenvalue weighted by atomic mass is 19.4. The Labute approximate surface area is 133 Å². The van der Waals surface area contributed by atoms with Gasteiger partial charge in [-0.3, -0.25) is 0 Å². The molecule has 0 amide bonds. The van der Waals surface area contributed by atoms with Crippen LogP contribution in [0.4, 0.5) is 13.2 Å². The maximum Gasteiger partial charge on any atom is 0.573 e. The van der Waals surface area contributed by atoms with Gasteiger partial charge in [-0.15, -0.1) is 13.2 Å². The summed E-state index contributed by atoms with van der Waals surface area (Å²) in [5.74, 6) is -0.163. The molecule has 2 aliphatic rings. The van der Waals surface area contributed by atoms with Crippen molar-refractivity contribution in [2.45, 2.75) is 62.4 Å². The van der Waals surface area contributed by atoms with Gasteiger partial charge in [0.05, 0.1) is 6.10 Å². The van der Waals surface area contributed by atoms with Gasteiger partial charge in [-0.25, -0.2) is 0 Å². The Morgan fingerprint density at radius 2 is 1.78 bits per heavy atom. The highest BCUT2D eigenvalue weighted by Gasteiger charge is 2.49. The molecular weight excluding hydrogens is 307 g/mol. The summed E-state index contributed by atoms with van der Waals surface area (Å²) >= 11 is 0. The van der Waals surface area contributed by atoms with E-state index in [4.69, 9.17) is 5.73 Å². The molecule has 0 bridgehead atoms. The van der Waals surface area contributed by atoms with E-state index < -0.39 is 12.5 Å². The van der Waals surface area contributed by atoms with Crippen molar-refractivity contribution in [3.05, 3.63) is 29.8 Å². The van der Waals surface area contributed by atoms with E-state index in [1.807, 2.05) is 0 Å². The number of aliphatic hydroxyl groups is 1. The van der Waals surface area contributed by atoms with Gasteiger partial charge in [0.15, 0.2) is 0 Å². The summed E-state index contributed by atoms with van der Waals surface area (Å²) in [6.45, 7) is 0. The molecule has 0 saturated heterocycles. The quantitative estimate of drug-likeness (QED) is 0.889. The van der Waals surface area contributed by atoms with Crippen molar-refractivity contribution in [2.24, 2.45) is 11.7 Å². The van der Waals surface area contributed by atoms with Crippen LogP contribution in [0.3, 0.4) is 0 Å². The molecule has 0 aromatic heterocycles. The van der Waals surface area contributed by atoms with Crippen LogP contribution in [-0.2, 0) is 5.41 Å². The molecule has 1 aromatic carbocycles. The number of hydrogen-bond donors (Lipinski definition) is 2. The third-order valence-electron chi connectivity index (χ3n) is 5.51. The molecule has 128 valence electrons. The first kappa shape index (κ1) is 16.6. The molecule has 23 heavy (non-hydrogen) atoms. The van der Waals surface area contributed by atoms with E-state index in [1.54, 1.807) is 12.1 Å². The van der Waals surface area contributed by atoms with Crippen molar-refractivity contribution >= 4 is 0 Å². The van der Waals surface area contributed by atoms with E-state index in [-0.39, 0.29) is 23.1 Å². The first-order valence-corrected chi connectivity index (χ1v) is 8.12. The van der Waals surface area contributed by atoms with Crippen LogP contribution < -0.4 is 10.5 Å². The fourth-order valence-electron chi connectivity index (χ4n) is 4.12. The van der Waals surface area contributed by atoms with E-state index in [0.717, 1.165) is 44.1 Å². The molecule has 2 aliphatic carbocycles. The average Bonchev–Trinajstić information content (AvgIpc) is 2.84. The molecule has 2 saturated carbocycles. The van der Waals surface area contributed by atoms with Crippen LogP contribution in [-0.4, -0.2) is 23.6 Å². The Kier molecular flexibility index (Phi) is 4.31. The van der Waals surface area contributed by atoms with Gasteiger partial charge in [-0.2, -0.15) is 0 Å². The minimum atomic E-state index is -4.69. The third kappa shape index (κ3) is 3.19. The van der Waals surface area contributed by atoms with E-state index in [0.29, 0.717) is 0 Å². The largest absolute Gasteiger partial charge is 0.573 e. The summed E-state index contributed by atoms with van der Waals surface area (Å²) in [4.78, 5) is 0. The summed E-state index contributed by atoms with van der Waals surface area (Å²) in [5.41, 5.74) is 6.63. The zero-order valence-corrected chi connectivity index (χ0v) is 12.9. The predicted molar refractivity (Wildman–Crippen MR) is 80.0 cm³/mol. The molecule has 3 N–H and O–H groups in total. The number of hydrogen-bond acceptors (Lipinski definition) is 3. The first-order valence-electron chi connectivity index (χ1n) is 8.12. The molecule has 1 unspecified atom stereocenters. The Bertz CT molecular complexity index is 540. The standard InChI is InChI=1S/C17H22F3NO2/c18-17(19,20)23-12-7-5-11(6-8-12)16(9-2-10-16)15(22)13-3-1-4-14(13)21/h5-8,13-15,22H,1-4,9-10,21H2/t13-,14-,15?/m0/s1. The van der Waals surface area contributed by atoms with Crippen molar-refractivity contribution in [3.8, 4) is 5.75 Å². The van der Waals surface area contributed by atoms with E-state index in [1.165, 1.54) is 12.1 Å². The number of aliphatic hydroxyl groups excluding tert-OH is 1. The lowest BCUT2D eigenvalue weighted by molar-refractivity contribution is -0.274. The van der Waals surface area contributed by atoms with Crippen LogP contribution in [0.15, 0.2) is 24.3 Å². The second-order valence-electron chi connectivity index (χ2n) is 6.79. The minimum Gasteiger partial charge on any atom is -0.406 e. The molecule has 6 heteroatoms. The predicted octanol–water partition coefficient (Wildman–Crippen LogP) is 3.50. The first-order chi connectivity index (χ1) is 10.8. The zero-order chi connectivity index (χ0) is 16.7. The van der Waals surface area contributed by atoms with E-state index in [9.17, 15) is 18.3 Å². The van der Waals surface area contributed by atoms with Crippen LogP contribution in [0.2, 0.25) is 0 Å². The summed E-state index contributed by atoms with van der Waals surface area (Å²) < 4.78 is 40.7. The van der Waals surface area contributed by atoms with Crippen molar-refractivity contribution in [1.82, 2.24) is 0 Å². The molecule has 0 aliphatic heterocycles. The van der Waals surface area contributed by atoms with Crippen molar-refractivity contribution in [3.63, 3.8) is 0 Å². The smallest absolute Gasteiger partial charge is 0.406 e. The lowest BCUT2D eigenvalue weighted by Gasteiger charge is -2.49. The summed E-state index contributed by atoms with van der Waals surface area (Å²) in [6.07, 6.45) is 0.342. The SMILES string of the molecule is N[C@H]1CCC[C@@H]1C(O)C1(c2ccc(OC(F)(F)F)cc2)CCC1. The van der Waals surface area contributed by atoms with Crippen LogP contribution in [0.5, 0.6) is 5.75 Å². The van der Waals surface area contributed by atoms with Gasteiger partial charge < -0.3 is 15.6 Å². The normalized spacial score (nSPS) is 28.2. The van der Waals surface area contributed by atoms with Crippen LogP contribution in [0, 0.1) is 5.92 Å². The highest BCUT2D eigenvalue weighted by molar-refractivity contribution is 5.35. The molecule has 0 heterocycles. The Balaban J connectivity index is 1.80. The molecule has 3 rings (SSSR count). The Morgan fingerprint density at radius 3 is 2.22 bits per heavy atom. The summed E-state index contributed by atoms with van der Waals surface area (Å²) in [5, 5.41) is 10.9. The van der Waals surface area contributed by atoms with Crippen molar-refractivity contribution < 1.29 is 23.0 Å². The molecule has 1 aromatic rings. The fraction of sp³-hybridized carbons (Fsp3) is 0.647. The van der Waals surface area contributed by atoms with Gasteiger partial charge in [-0.1, -0.05) is 25.0 Å². The maximum absolute atomic E-state index is 12.3. The molecule has 0 spiro atoms. The molecular formula is C17H22F3NO2. The third-order valence-corrected chi connectivity index (χ3v) is 5.51. The number of halogens is 3. The number of alkyl halides is 3. The number of rotatable bonds is 4. The highest BCUT2D eigenvalue weighted by Crippen LogP contribution is 2.50. The Hall–Kier alpha value is -1.27. The topological polar surface area (TPSA) is 55.5 Å². The lowest BCUT2D eigenvalue weighted by Crippen LogP contribution is -2.51. The lowest BCUT2D eigenvalue weighted by atomic mass is 9.58. The maximum atomic E-state index is 12.3.